The zero-order valence-corrected chi connectivity index (χ0v) is 12.8. The molecule has 2 amide bonds. The molecule has 0 N–H and O–H groups in total. The topological polar surface area (TPSA) is 63.7 Å². The molecule has 23 heavy (non-hydrogen) atoms. The van der Waals surface area contributed by atoms with Crippen LogP contribution < -0.4 is 4.90 Å². The van der Waals surface area contributed by atoms with Crippen molar-refractivity contribution in [1.29, 1.82) is 0 Å². The number of rotatable bonds is 3. The second kappa shape index (κ2) is 5.05. The molecule has 5 heteroatoms. The van der Waals surface area contributed by atoms with Crippen LogP contribution in [0.4, 0.5) is 5.69 Å². The number of imide groups is 1. The SMILES string of the molecule is CCOC(=O)c1ccccc1N1C(=O)[C@H]2[C@H](C1=O)[C@H]1C=C[C@H]2C1. The summed E-state index contributed by atoms with van der Waals surface area (Å²) in [6, 6.07) is 6.65. The molecule has 4 rings (SSSR count). The van der Waals surface area contributed by atoms with E-state index in [2.05, 4.69) is 12.2 Å². The number of allylic oxidation sites excluding steroid dienone is 2. The van der Waals surface area contributed by atoms with Gasteiger partial charge in [-0.15, -0.1) is 0 Å². The van der Waals surface area contributed by atoms with Crippen LogP contribution in [0, 0.1) is 23.7 Å². The van der Waals surface area contributed by atoms with E-state index in [4.69, 9.17) is 4.74 Å². The summed E-state index contributed by atoms with van der Waals surface area (Å²) >= 11 is 0. The van der Waals surface area contributed by atoms with Gasteiger partial charge in [-0.05, 0) is 37.3 Å². The van der Waals surface area contributed by atoms with Crippen LogP contribution >= 0.6 is 0 Å². The van der Waals surface area contributed by atoms with Crippen molar-refractivity contribution in [2.24, 2.45) is 23.7 Å². The Kier molecular flexibility index (Phi) is 3.11. The number of carbonyl (C=O) groups is 3. The lowest BCUT2D eigenvalue weighted by molar-refractivity contribution is -0.123. The van der Waals surface area contributed by atoms with Crippen LogP contribution in [0.5, 0.6) is 0 Å². The summed E-state index contributed by atoms with van der Waals surface area (Å²) in [7, 11) is 0. The molecule has 5 nitrogen and oxygen atoms in total. The minimum atomic E-state index is -0.512. The molecule has 1 aromatic carbocycles. The van der Waals surface area contributed by atoms with Gasteiger partial charge in [0.2, 0.25) is 11.8 Å². The third-order valence-electron chi connectivity index (χ3n) is 5.11. The lowest BCUT2D eigenvalue weighted by atomic mass is 9.85. The molecule has 1 saturated heterocycles. The van der Waals surface area contributed by atoms with Crippen molar-refractivity contribution >= 4 is 23.5 Å². The average Bonchev–Trinajstić information content (AvgIpc) is 3.22. The minimum Gasteiger partial charge on any atom is -0.462 e. The van der Waals surface area contributed by atoms with Crippen molar-refractivity contribution < 1.29 is 19.1 Å². The summed E-state index contributed by atoms with van der Waals surface area (Å²) in [6.45, 7) is 1.97. The molecule has 2 fully saturated rings. The second-order valence-electron chi connectivity index (χ2n) is 6.25. The van der Waals surface area contributed by atoms with E-state index in [1.807, 2.05) is 0 Å². The van der Waals surface area contributed by atoms with Crippen LogP contribution in [-0.4, -0.2) is 24.4 Å². The first-order chi connectivity index (χ1) is 11.1. The molecule has 0 spiro atoms. The Morgan fingerprint density at radius 3 is 2.35 bits per heavy atom. The molecule has 1 aromatic rings. The van der Waals surface area contributed by atoms with Crippen molar-refractivity contribution in [3.63, 3.8) is 0 Å². The summed E-state index contributed by atoms with van der Waals surface area (Å²) in [6.07, 6.45) is 5.00. The van der Waals surface area contributed by atoms with Crippen molar-refractivity contribution in [3.05, 3.63) is 42.0 Å². The Morgan fingerprint density at radius 2 is 1.74 bits per heavy atom. The number of benzene rings is 1. The van der Waals surface area contributed by atoms with E-state index in [0.29, 0.717) is 5.69 Å². The van der Waals surface area contributed by atoms with Crippen LogP contribution in [0.2, 0.25) is 0 Å². The van der Waals surface area contributed by atoms with E-state index >= 15 is 0 Å². The van der Waals surface area contributed by atoms with Gasteiger partial charge >= 0.3 is 5.97 Å². The molecule has 0 radical (unpaired) electrons. The number of esters is 1. The highest BCUT2D eigenvalue weighted by atomic mass is 16.5. The number of nitrogens with zero attached hydrogens (tertiary/aromatic N) is 1. The lowest BCUT2D eigenvalue weighted by Gasteiger charge is -2.19. The second-order valence-corrected chi connectivity index (χ2v) is 6.25. The van der Waals surface area contributed by atoms with Gasteiger partial charge in [0.15, 0.2) is 0 Å². The molecule has 118 valence electrons. The van der Waals surface area contributed by atoms with E-state index in [0.717, 1.165) is 6.42 Å². The lowest BCUT2D eigenvalue weighted by Crippen LogP contribution is -2.34. The predicted octanol–water partition coefficient (Wildman–Crippen LogP) is 2.17. The molecule has 2 aliphatic carbocycles. The Balaban J connectivity index is 1.74. The molecular weight excluding hydrogens is 294 g/mol. The maximum Gasteiger partial charge on any atom is 0.340 e. The molecule has 1 saturated carbocycles. The zero-order valence-electron chi connectivity index (χ0n) is 12.8. The molecule has 1 heterocycles. The van der Waals surface area contributed by atoms with Crippen LogP contribution in [-0.2, 0) is 14.3 Å². The Hall–Kier alpha value is -2.43. The first kappa shape index (κ1) is 14.2. The van der Waals surface area contributed by atoms with Gasteiger partial charge in [-0.25, -0.2) is 9.69 Å². The van der Waals surface area contributed by atoms with Gasteiger partial charge in [0, 0.05) is 0 Å². The van der Waals surface area contributed by atoms with Gasteiger partial charge in [0.1, 0.15) is 0 Å². The fourth-order valence-electron chi connectivity index (χ4n) is 4.19. The van der Waals surface area contributed by atoms with Crippen LogP contribution in [0.1, 0.15) is 23.7 Å². The number of carbonyl (C=O) groups excluding carboxylic acids is 3. The highest BCUT2D eigenvalue weighted by Crippen LogP contribution is 2.53. The number of amides is 2. The number of hydrogen-bond donors (Lipinski definition) is 0. The summed E-state index contributed by atoms with van der Waals surface area (Å²) in [5, 5.41) is 0. The van der Waals surface area contributed by atoms with E-state index < -0.39 is 5.97 Å². The van der Waals surface area contributed by atoms with Crippen molar-refractivity contribution in [2.75, 3.05) is 11.5 Å². The molecular formula is C18H17NO4. The van der Waals surface area contributed by atoms with Gasteiger partial charge < -0.3 is 4.74 Å². The monoisotopic (exact) mass is 311 g/mol. The average molecular weight is 311 g/mol. The van der Waals surface area contributed by atoms with Crippen LogP contribution in [0.3, 0.4) is 0 Å². The first-order valence-electron chi connectivity index (χ1n) is 7.95. The highest BCUT2D eigenvalue weighted by Gasteiger charge is 2.59. The van der Waals surface area contributed by atoms with Crippen molar-refractivity contribution in [1.82, 2.24) is 0 Å². The van der Waals surface area contributed by atoms with Gasteiger partial charge in [-0.1, -0.05) is 24.3 Å². The third-order valence-corrected chi connectivity index (χ3v) is 5.11. The van der Waals surface area contributed by atoms with Gasteiger partial charge in [0.05, 0.1) is 29.7 Å². The summed E-state index contributed by atoms with van der Waals surface area (Å²) in [4.78, 5) is 39.0. The smallest absolute Gasteiger partial charge is 0.340 e. The third kappa shape index (κ3) is 1.89. The molecule has 0 unspecified atom stereocenters. The van der Waals surface area contributed by atoms with Crippen LogP contribution in [0.25, 0.3) is 0 Å². The number of para-hydroxylation sites is 1. The zero-order chi connectivity index (χ0) is 16.1. The Morgan fingerprint density at radius 1 is 1.13 bits per heavy atom. The molecule has 2 bridgehead atoms. The quantitative estimate of drug-likeness (QED) is 0.487. The fourth-order valence-corrected chi connectivity index (χ4v) is 4.19. The fraction of sp³-hybridized carbons (Fsp3) is 0.389. The molecule has 3 aliphatic rings. The van der Waals surface area contributed by atoms with Gasteiger partial charge in [-0.2, -0.15) is 0 Å². The molecule has 4 atom stereocenters. The van der Waals surface area contributed by atoms with E-state index in [1.165, 1.54) is 4.90 Å². The number of anilines is 1. The highest BCUT2D eigenvalue weighted by molar-refractivity contribution is 6.24. The summed E-state index contributed by atoms with van der Waals surface area (Å²) in [5.74, 6) is -1.12. The number of ether oxygens (including phenoxy) is 1. The predicted molar refractivity (Wildman–Crippen MR) is 82.6 cm³/mol. The van der Waals surface area contributed by atoms with Crippen molar-refractivity contribution in [3.8, 4) is 0 Å². The van der Waals surface area contributed by atoms with E-state index in [1.54, 1.807) is 31.2 Å². The largest absolute Gasteiger partial charge is 0.462 e. The van der Waals surface area contributed by atoms with E-state index in [9.17, 15) is 14.4 Å². The van der Waals surface area contributed by atoms with Crippen molar-refractivity contribution in [2.45, 2.75) is 13.3 Å². The van der Waals surface area contributed by atoms with Gasteiger partial charge in [-0.3, -0.25) is 9.59 Å². The van der Waals surface area contributed by atoms with Crippen LogP contribution in [0.15, 0.2) is 36.4 Å². The number of hydrogen-bond acceptors (Lipinski definition) is 4. The maximum atomic E-state index is 12.8. The number of fused-ring (bicyclic) bond motifs is 5. The molecule has 1 aliphatic heterocycles. The normalized spacial score (nSPS) is 30.9. The van der Waals surface area contributed by atoms with E-state index in [-0.39, 0.29) is 47.7 Å². The summed E-state index contributed by atoms with van der Waals surface area (Å²) in [5.41, 5.74) is 0.603. The Bertz CT molecular complexity index is 708. The standard InChI is InChI=1S/C18H17NO4/c1-2-23-18(22)12-5-3-4-6-13(12)19-16(20)14-10-7-8-11(9-10)15(14)17(19)21/h3-8,10-11,14-15H,2,9H2,1H3/t10-,11-,14+,15+/m0/s1. The molecule has 0 aromatic heterocycles. The minimum absolute atomic E-state index is 0.154. The van der Waals surface area contributed by atoms with Gasteiger partial charge in [0.25, 0.3) is 0 Å². The summed E-state index contributed by atoms with van der Waals surface area (Å²) < 4.78 is 5.05. The maximum absolute atomic E-state index is 12.8. The Labute approximate surface area is 133 Å². The first-order valence-corrected chi connectivity index (χ1v) is 7.95.